The van der Waals surface area contributed by atoms with Crippen LogP contribution in [-0.4, -0.2) is 35.9 Å². The van der Waals surface area contributed by atoms with E-state index in [1.807, 2.05) is 0 Å². The Morgan fingerprint density at radius 2 is 1.88 bits per heavy atom. The first-order valence-corrected chi connectivity index (χ1v) is 10.4. The smallest absolute Gasteiger partial charge is 0.186 e. The molecule has 2 fully saturated rings. The molecule has 3 atom stereocenters. The van der Waals surface area contributed by atoms with Gasteiger partial charge in [-0.2, -0.15) is 0 Å². The second-order valence-electron chi connectivity index (χ2n) is 7.23. The van der Waals surface area contributed by atoms with Crippen LogP contribution in [0.1, 0.15) is 45.1 Å². The largest absolute Gasteiger partial charge is 0.467 e. The summed E-state index contributed by atoms with van der Waals surface area (Å²) in [6.45, 7) is 6.17. The van der Waals surface area contributed by atoms with Gasteiger partial charge < -0.3 is 9.47 Å². The van der Waals surface area contributed by atoms with E-state index in [0.717, 1.165) is 46.2 Å². The molecule has 3 aliphatic rings. The van der Waals surface area contributed by atoms with Crippen molar-refractivity contribution in [3.8, 4) is 5.75 Å². The summed E-state index contributed by atoms with van der Waals surface area (Å²) in [5.41, 5.74) is 2.29. The number of fused-ring (bicyclic) bond motifs is 2. The van der Waals surface area contributed by atoms with Crippen LogP contribution in [0, 0.1) is 0 Å². The molecule has 2 aliphatic heterocycles. The predicted molar refractivity (Wildman–Crippen MR) is 103 cm³/mol. The molecule has 2 heterocycles. The Morgan fingerprint density at radius 3 is 2.62 bits per heavy atom. The summed E-state index contributed by atoms with van der Waals surface area (Å²) in [4.78, 5) is 2.52. The van der Waals surface area contributed by atoms with Crippen molar-refractivity contribution in [1.82, 2.24) is 4.90 Å². The molecule has 0 spiro atoms. The number of nitrogens with zero attached hydrogens (tertiary/aromatic N) is 1. The van der Waals surface area contributed by atoms with E-state index in [0.29, 0.717) is 0 Å². The lowest BCUT2D eigenvalue weighted by molar-refractivity contribution is -0.154. The van der Waals surface area contributed by atoms with Gasteiger partial charge in [0.25, 0.3) is 0 Å². The third-order valence-corrected chi connectivity index (χ3v) is 6.33. The molecule has 4 rings (SSSR count). The standard InChI is InChI=1S/C19H23Br2NO2/c1-12-10-22(11-13(2)23-12)19-6-4-3-5-15(19)7-14-8-16(20)9-17(21)18(14)24-19/h7-9,12-13H,3-6,10-11H2,1-2H3. The van der Waals surface area contributed by atoms with Gasteiger partial charge in [-0.25, -0.2) is 0 Å². The highest BCUT2D eigenvalue weighted by molar-refractivity contribution is 9.11. The zero-order chi connectivity index (χ0) is 16.9. The number of halogens is 2. The van der Waals surface area contributed by atoms with Crippen molar-refractivity contribution in [2.45, 2.75) is 57.5 Å². The number of morpholine rings is 1. The Kier molecular flexibility index (Phi) is 4.57. The highest BCUT2D eigenvalue weighted by atomic mass is 79.9. The maximum atomic E-state index is 6.78. The molecule has 0 aromatic heterocycles. The summed E-state index contributed by atoms with van der Waals surface area (Å²) in [5, 5.41) is 0. The summed E-state index contributed by atoms with van der Waals surface area (Å²) < 4.78 is 14.8. The minimum absolute atomic E-state index is 0.240. The van der Waals surface area contributed by atoms with Gasteiger partial charge in [-0.05, 0) is 72.8 Å². The van der Waals surface area contributed by atoms with Crippen molar-refractivity contribution in [3.63, 3.8) is 0 Å². The van der Waals surface area contributed by atoms with E-state index in [-0.39, 0.29) is 17.9 Å². The van der Waals surface area contributed by atoms with Gasteiger partial charge in [-0.3, -0.25) is 4.90 Å². The van der Waals surface area contributed by atoms with Gasteiger partial charge in [-0.1, -0.05) is 15.9 Å². The zero-order valence-corrected chi connectivity index (χ0v) is 17.3. The first-order chi connectivity index (χ1) is 11.5. The SMILES string of the molecule is CC1CN(C23CCCCC2=Cc2cc(Br)cc(Br)c2O3)CC(C)O1. The molecule has 24 heavy (non-hydrogen) atoms. The van der Waals surface area contributed by atoms with E-state index in [1.54, 1.807) is 0 Å². The molecule has 1 aromatic carbocycles. The van der Waals surface area contributed by atoms with Crippen LogP contribution in [0.5, 0.6) is 5.75 Å². The molecule has 0 radical (unpaired) electrons. The van der Waals surface area contributed by atoms with E-state index in [9.17, 15) is 0 Å². The van der Waals surface area contributed by atoms with Crippen molar-refractivity contribution in [3.05, 3.63) is 32.2 Å². The zero-order valence-electron chi connectivity index (χ0n) is 14.1. The highest BCUT2D eigenvalue weighted by Crippen LogP contribution is 2.49. The minimum atomic E-state index is -0.298. The summed E-state index contributed by atoms with van der Waals surface area (Å²) in [7, 11) is 0. The maximum Gasteiger partial charge on any atom is 0.186 e. The topological polar surface area (TPSA) is 21.7 Å². The van der Waals surface area contributed by atoms with E-state index in [2.05, 4.69) is 68.8 Å². The fraction of sp³-hybridized carbons (Fsp3) is 0.579. The highest BCUT2D eigenvalue weighted by Gasteiger charge is 2.48. The molecule has 1 saturated heterocycles. The average molecular weight is 457 g/mol. The van der Waals surface area contributed by atoms with Gasteiger partial charge in [0.15, 0.2) is 5.72 Å². The van der Waals surface area contributed by atoms with E-state index in [4.69, 9.17) is 9.47 Å². The van der Waals surface area contributed by atoms with Gasteiger partial charge in [-0.15, -0.1) is 0 Å². The van der Waals surface area contributed by atoms with Gasteiger partial charge in [0.1, 0.15) is 5.75 Å². The third-order valence-electron chi connectivity index (χ3n) is 5.28. The minimum Gasteiger partial charge on any atom is -0.467 e. The second kappa shape index (κ2) is 6.42. The first-order valence-electron chi connectivity index (χ1n) is 8.77. The number of rotatable bonds is 1. The van der Waals surface area contributed by atoms with Crippen molar-refractivity contribution in [1.29, 1.82) is 0 Å². The quantitative estimate of drug-likeness (QED) is 0.567. The molecular weight excluding hydrogens is 434 g/mol. The lowest BCUT2D eigenvalue weighted by Gasteiger charge is -2.52. The lowest BCUT2D eigenvalue weighted by atomic mass is 9.81. The normalized spacial score (nSPS) is 33.2. The van der Waals surface area contributed by atoms with Crippen molar-refractivity contribution in [2.75, 3.05) is 13.1 Å². The van der Waals surface area contributed by atoms with Crippen molar-refractivity contribution >= 4 is 37.9 Å². The Morgan fingerprint density at radius 1 is 1.12 bits per heavy atom. The van der Waals surface area contributed by atoms with E-state index >= 15 is 0 Å². The molecule has 1 aliphatic carbocycles. The molecule has 5 heteroatoms. The van der Waals surface area contributed by atoms with Crippen molar-refractivity contribution in [2.24, 2.45) is 0 Å². The second-order valence-corrected chi connectivity index (χ2v) is 9.00. The number of benzene rings is 1. The molecule has 3 nitrogen and oxygen atoms in total. The summed E-state index contributed by atoms with van der Waals surface area (Å²) >= 11 is 7.29. The molecule has 3 unspecified atom stereocenters. The van der Waals surface area contributed by atoms with Gasteiger partial charge in [0.2, 0.25) is 0 Å². The molecule has 1 aromatic rings. The summed E-state index contributed by atoms with van der Waals surface area (Å²) in [6, 6.07) is 4.22. The predicted octanol–water partition coefficient (Wildman–Crippen LogP) is 5.37. The van der Waals surface area contributed by atoms with Gasteiger partial charge in [0, 0.05) is 29.5 Å². The van der Waals surface area contributed by atoms with Crippen molar-refractivity contribution < 1.29 is 9.47 Å². The van der Waals surface area contributed by atoms with E-state index < -0.39 is 0 Å². The third kappa shape index (κ3) is 2.87. The van der Waals surface area contributed by atoms with Crippen LogP contribution in [0.3, 0.4) is 0 Å². The molecule has 130 valence electrons. The van der Waals surface area contributed by atoms with Crippen LogP contribution in [0.2, 0.25) is 0 Å². The van der Waals surface area contributed by atoms with Crippen LogP contribution < -0.4 is 4.74 Å². The summed E-state index contributed by atoms with van der Waals surface area (Å²) in [6.07, 6.45) is 7.47. The van der Waals surface area contributed by atoms with Crippen LogP contribution in [0.25, 0.3) is 6.08 Å². The van der Waals surface area contributed by atoms with E-state index in [1.165, 1.54) is 18.4 Å². The lowest BCUT2D eigenvalue weighted by Crippen LogP contribution is -2.62. The Hall–Kier alpha value is -0.360. The number of hydrogen-bond donors (Lipinski definition) is 0. The van der Waals surface area contributed by atoms with Crippen LogP contribution >= 0.6 is 31.9 Å². The molecule has 0 N–H and O–H groups in total. The number of hydrogen-bond acceptors (Lipinski definition) is 3. The van der Waals surface area contributed by atoms with Crippen LogP contribution in [0.4, 0.5) is 0 Å². The Bertz CT molecular complexity index is 680. The van der Waals surface area contributed by atoms with Gasteiger partial charge in [0.05, 0.1) is 16.7 Å². The average Bonchev–Trinajstić information content (AvgIpc) is 2.52. The maximum absolute atomic E-state index is 6.78. The fourth-order valence-electron chi connectivity index (χ4n) is 4.39. The van der Waals surface area contributed by atoms with Crippen LogP contribution in [0.15, 0.2) is 26.7 Å². The number of ether oxygens (including phenoxy) is 2. The van der Waals surface area contributed by atoms with Gasteiger partial charge >= 0.3 is 0 Å². The molecule has 0 bridgehead atoms. The fourth-order valence-corrected chi connectivity index (χ4v) is 5.73. The molecular formula is C19H23Br2NO2. The Balaban J connectivity index is 1.79. The summed E-state index contributed by atoms with van der Waals surface area (Å²) in [5.74, 6) is 0.968. The Labute approximate surface area is 160 Å². The molecule has 1 saturated carbocycles. The molecule has 0 amide bonds. The first kappa shape index (κ1) is 17.1. The monoisotopic (exact) mass is 455 g/mol. The van der Waals surface area contributed by atoms with Crippen LogP contribution in [-0.2, 0) is 4.74 Å².